The lowest BCUT2D eigenvalue weighted by molar-refractivity contribution is -0.311. The Kier molecular flexibility index (Phi) is 5.03. The molecule has 0 saturated carbocycles. The molecule has 1 saturated heterocycles. The van der Waals surface area contributed by atoms with E-state index in [1.54, 1.807) is 31.3 Å². The third-order valence-corrected chi connectivity index (χ3v) is 5.69. The zero-order valence-electron chi connectivity index (χ0n) is 14.0. The fraction of sp³-hybridized carbons (Fsp3) is 0.235. The second-order valence-corrected chi connectivity index (χ2v) is 7.52. The van der Waals surface area contributed by atoms with Crippen LogP contribution < -0.4 is 15.1 Å². The zero-order chi connectivity index (χ0) is 19.9. The molecule has 2 aliphatic rings. The number of amides is 2. The topological polar surface area (TPSA) is 121 Å². The number of carboxylic acids is 2. The van der Waals surface area contributed by atoms with Crippen LogP contribution in [-0.4, -0.2) is 46.1 Å². The van der Waals surface area contributed by atoms with Crippen molar-refractivity contribution in [3.8, 4) is 0 Å². The summed E-state index contributed by atoms with van der Waals surface area (Å²) < 4.78 is -0.0742. The van der Waals surface area contributed by atoms with Gasteiger partial charge in [0.15, 0.2) is 0 Å². The van der Waals surface area contributed by atoms with Crippen LogP contribution in [0.5, 0.6) is 0 Å². The number of fused-ring (bicyclic) bond motifs is 1. The standard InChI is InChI=1S/C17H14N2O6S2/c1-18-9-5-3-2-4-8(9)12(14(18)22)13-15(23)19(17(26)27-13)10(16(24)25)6-7-11(20)21/h2-5,10H,6-7H2,1H3,(H,20,21)(H,24,25)/p-2/b13-12-/t10-/m0/s1. The maximum atomic E-state index is 12.9. The summed E-state index contributed by atoms with van der Waals surface area (Å²) in [4.78, 5) is 49.9. The highest BCUT2D eigenvalue weighted by molar-refractivity contribution is 8.26. The summed E-state index contributed by atoms with van der Waals surface area (Å²) in [7, 11) is 1.57. The highest BCUT2D eigenvalue weighted by atomic mass is 32.2. The lowest BCUT2D eigenvalue weighted by Gasteiger charge is -2.27. The van der Waals surface area contributed by atoms with Crippen LogP contribution in [0.15, 0.2) is 29.2 Å². The monoisotopic (exact) mass is 404 g/mol. The van der Waals surface area contributed by atoms with Crippen molar-refractivity contribution in [2.75, 3.05) is 11.9 Å². The summed E-state index contributed by atoms with van der Waals surface area (Å²) in [5.74, 6) is -4.25. The van der Waals surface area contributed by atoms with Gasteiger partial charge in [-0.3, -0.25) is 14.5 Å². The van der Waals surface area contributed by atoms with E-state index in [0.717, 1.165) is 16.7 Å². The van der Waals surface area contributed by atoms with Gasteiger partial charge < -0.3 is 24.7 Å². The maximum Gasteiger partial charge on any atom is 0.267 e. The van der Waals surface area contributed by atoms with Crippen molar-refractivity contribution in [1.29, 1.82) is 0 Å². The molecule has 10 heteroatoms. The van der Waals surface area contributed by atoms with Gasteiger partial charge in [-0.15, -0.1) is 0 Å². The lowest BCUT2D eigenvalue weighted by Crippen LogP contribution is -2.50. The Morgan fingerprint density at radius 1 is 1.19 bits per heavy atom. The molecule has 27 heavy (non-hydrogen) atoms. The van der Waals surface area contributed by atoms with Gasteiger partial charge in [0, 0.05) is 18.6 Å². The van der Waals surface area contributed by atoms with Gasteiger partial charge in [0.1, 0.15) is 4.32 Å². The number of aliphatic carboxylic acids is 2. The van der Waals surface area contributed by atoms with Crippen molar-refractivity contribution < 1.29 is 29.4 Å². The fourth-order valence-electron chi connectivity index (χ4n) is 3.00. The predicted molar refractivity (Wildman–Crippen MR) is 96.8 cm³/mol. The molecule has 1 atom stereocenters. The second kappa shape index (κ2) is 7.12. The Morgan fingerprint density at radius 3 is 2.48 bits per heavy atom. The van der Waals surface area contributed by atoms with Crippen molar-refractivity contribution in [3.63, 3.8) is 0 Å². The number of para-hydroxylation sites is 1. The largest absolute Gasteiger partial charge is 0.550 e. The van der Waals surface area contributed by atoms with E-state index in [0.29, 0.717) is 11.3 Å². The van der Waals surface area contributed by atoms with Gasteiger partial charge in [-0.2, -0.15) is 0 Å². The molecule has 0 bridgehead atoms. The Morgan fingerprint density at radius 2 is 1.85 bits per heavy atom. The highest BCUT2D eigenvalue weighted by Crippen LogP contribution is 2.44. The molecule has 0 N–H and O–H groups in total. The summed E-state index contributed by atoms with van der Waals surface area (Å²) in [5.41, 5.74) is 1.31. The molecule has 1 aromatic rings. The molecule has 0 unspecified atom stereocenters. The number of benzene rings is 1. The number of nitrogens with zero attached hydrogens (tertiary/aromatic N) is 2. The van der Waals surface area contributed by atoms with Gasteiger partial charge >= 0.3 is 0 Å². The number of hydrogen-bond acceptors (Lipinski definition) is 8. The number of rotatable bonds is 5. The molecular formula is C17H12N2O6S2-2. The summed E-state index contributed by atoms with van der Waals surface area (Å²) >= 11 is 5.94. The van der Waals surface area contributed by atoms with E-state index in [4.69, 9.17) is 12.2 Å². The van der Waals surface area contributed by atoms with Gasteiger partial charge in [0.25, 0.3) is 11.8 Å². The van der Waals surface area contributed by atoms with E-state index in [1.807, 2.05) is 0 Å². The van der Waals surface area contributed by atoms with E-state index >= 15 is 0 Å². The van der Waals surface area contributed by atoms with Gasteiger partial charge in [-0.05, 0) is 18.9 Å². The quantitative estimate of drug-likeness (QED) is 0.447. The minimum absolute atomic E-state index is 0.0153. The van der Waals surface area contributed by atoms with Gasteiger partial charge in [-0.25, -0.2) is 0 Å². The smallest absolute Gasteiger partial charge is 0.267 e. The normalized spacial score (nSPS) is 20.3. The van der Waals surface area contributed by atoms with Gasteiger partial charge in [-0.1, -0.05) is 42.2 Å². The van der Waals surface area contributed by atoms with Crippen molar-refractivity contribution >= 4 is 63.3 Å². The summed E-state index contributed by atoms with van der Waals surface area (Å²) in [6, 6.07) is 5.33. The van der Waals surface area contributed by atoms with Crippen LogP contribution >= 0.6 is 24.0 Å². The lowest BCUT2D eigenvalue weighted by atomic mass is 10.1. The number of carbonyl (C=O) groups is 4. The first-order valence-corrected chi connectivity index (χ1v) is 9.04. The fourth-order valence-corrected chi connectivity index (χ4v) is 4.42. The molecule has 140 valence electrons. The number of likely N-dealkylation sites (N-methyl/N-ethyl adjacent to an activating group) is 1. The molecule has 8 nitrogen and oxygen atoms in total. The maximum absolute atomic E-state index is 12.9. The average molecular weight is 404 g/mol. The first-order chi connectivity index (χ1) is 12.7. The van der Waals surface area contributed by atoms with Gasteiger partial charge in [0.2, 0.25) is 0 Å². The number of thiocarbonyl (C=S) groups is 1. The minimum Gasteiger partial charge on any atom is -0.550 e. The molecular weight excluding hydrogens is 392 g/mol. The molecule has 0 spiro atoms. The third kappa shape index (κ3) is 3.21. The first kappa shape index (κ1) is 19.1. The molecule has 3 rings (SSSR count). The Hall–Kier alpha value is -2.72. The number of carbonyl (C=O) groups excluding carboxylic acids is 4. The Balaban J connectivity index is 2.03. The van der Waals surface area contributed by atoms with E-state index < -0.39 is 42.6 Å². The molecule has 0 aliphatic carbocycles. The van der Waals surface area contributed by atoms with Crippen molar-refractivity contribution in [2.45, 2.75) is 18.9 Å². The molecule has 1 fully saturated rings. The summed E-state index contributed by atoms with van der Waals surface area (Å²) in [6.07, 6.45) is -0.990. The Bertz CT molecular complexity index is 926. The highest BCUT2D eigenvalue weighted by Gasteiger charge is 2.43. The molecule has 2 amide bonds. The average Bonchev–Trinajstić information content (AvgIpc) is 3.03. The molecule has 0 aromatic heterocycles. The number of thioether (sulfide) groups is 1. The Labute approximate surface area is 163 Å². The third-order valence-electron chi connectivity index (χ3n) is 4.29. The zero-order valence-corrected chi connectivity index (χ0v) is 15.6. The van der Waals surface area contributed by atoms with Crippen LogP contribution in [0.4, 0.5) is 5.69 Å². The SMILES string of the molecule is CN1C(=O)/C(=C2\SC(=S)N([C@@H](CCC(=O)[O-])C(=O)[O-])C2=O)c2ccccc21. The molecule has 2 aliphatic heterocycles. The summed E-state index contributed by atoms with van der Waals surface area (Å²) in [5, 5.41) is 22.1. The van der Waals surface area contributed by atoms with Crippen LogP contribution in [0.25, 0.3) is 5.57 Å². The van der Waals surface area contributed by atoms with Crippen molar-refractivity contribution in [1.82, 2.24) is 4.90 Å². The molecule has 1 aromatic carbocycles. The second-order valence-electron chi connectivity index (χ2n) is 5.87. The van der Waals surface area contributed by atoms with E-state index in [9.17, 15) is 29.4 Å². The van der Waals surface area contributed by atoms with Crippen molar-refractivity contribution in [2.24, 2.45) is 0 Å². The van der Waals surface area contributed by atoms with Crippen LogP contribution in [0, 0.1) is 0 Å². The van der Waals surface area contributed by atoms with E-state index in [1.165, 1.54) is 4.90 Å². The minimum atomic E-state index is -1.63. The molecule has 0 radical (unpaired) electrons. The summed E-state index contributed by atoms with van der Waals surface area (Å²) in [6.45, 7) is 0. The van der Waals surface area contributed by atoms with Crippen LogP contribution in [0.1, 0.15) is 18.4 Å². The number of hydrogen-bond donors (Lipinski definition) is 0. The number of anilines is 1. The van der Waals surface area contributed by atoms with Crippen molar-refractivity contribution in [3.05, 3.63) is 34.7 Å². The van der Waals surface area contributed by atoms with Gasteiger partial charge in [0.05, 0.1) is 28.2 Å². The predicted octanol–water partition coefficient (Wildman–Crippen LogP) is -1.12. The van der Waals surface area contributed by atoms with Crippen LogP contribution in [0.2, 0.25) is 0 Å². The van der Waals surface area contributed by atoms with E-state index in [2.05, 4.69) is 0 Å². The number of carboxylic acid groups (broad SMARTS) is 2. The van der Waals surface area contributed by atoms with Crippen LogP contribution in [0.3, 0.4) is 0 Å². The van der Waals surface area contributed by atoms with E-state index in [-0.39, 0.29) is 14.8 Å². The molecule has 2 heterocycles. The van der Waals surface area contributed by atoms with Crippen LogP contribution in [-0.2, 0) is 19.2 Å². The first-order valence-electron chi connectivity index (χ1n) is 7.81.